The molecule has 1 aliphatic carbocycles. The maximum Gasteiger partial charge on any atom is 0.254 e. The van der Waals surface area contributed by atoms with Crippen molar-refractivity contribution in [3.05, 3.63) is 29.8 Å². The molecule has 0 atom stereocenters. The van der Waals surface area contributed by atoms with Crippen molar-refractivity contribution < 1.29 is 9.90 Å². The van der Waals surface area contributed by atoms with Gasteiger partial charge in [0.15, 0.2) is 0 Å². The van der Waals surface area contributed by atoms with E-state index >= 15 is 0 Å². The topological polar surface area (TPSA) is 52.6 Å². The van der Waals surface area contributed by atoms with Gasteiger partial charge in [-0.15, -0.1) is 0 Å². The number of nitrogens with zero attached hydrogens (tertiary/aromatic N) is 1. The summed E-state index contributed by atoms with van der Waals surface area (Å²) in [6, 6.07) is 6.61. The minimum Gasteiger partial charge on any atom is -0.508 e. The van der Waals surface area contributed by atoms with E-state index in [2.05, 4.69) is 10.2 Å². The van der Waals surface area contributed by atoms with Gasteiger partial charge in [0.1, 0.15) is 5.75 Å². The first-order valence-corrected chi connectivity index (χ1v) is 7.53. The van der Waals surface area contributed by atoms with E-state index in [1.807, 2.05) is 0 Å². The van der Waals surface area contributed by atoms with Gasteiger partial charge in [0.05, 0.1) is 5.54 Å². The van der Waals surface area contributed by atoms with Crippen LogP contribution in [0.15, 0.2) is 24.3 Å². The number of benzene rings is 1. The summed E-state index contributed by atoms with van der Waals surface area (Å²) in [6.07, 6.45) is 5.90. The third-order valence-electron chi connectivity index (χ3n) is 4.68. The number of aromatic hydroxyl groups is 1. The maximum absolute atomic E-state index is 12.8. The lowest BCUT2D eigenvalue weighted by atomic mass is 9.78. The lowest BCUT2D eigenvalue weighted by molar-refractivity contribution is 0.0222. The molecule has 2 N–H and O–H groups in total. The molecule has 1 spiro atoms. The molecule has 0 bridgehead atoms. The zero-order chi connectivity index (χ0) is 14.0. The molecule has 3 rings (SSSR count). The van der Waals surface area contributed by atoms with Gasteiger partial charge in [-0.3, -0.25) is 4.79 Å². The highest BCUT2D eigenvalue weighted by atomic mass is 16.3. The van der Waals surface area contributed by atoms with Crippen LogP contribution in [-0.2, 0) is 0 Å². The second-order valence-corrected chi connectivity index (χ2v) is 5.97. The quantitative estimate of drug-likeness (QED) is 0.825. The highest BCUT2D eigenvalue weighted by Gasteiger charge is 2.42. The van der Waals surface area contributed by atoms with Crippen LogP contribution >= 0.6 is 0 Å². The molecule has 1 aromatic rings. The van der Waals surface area contributed by atoms with E-state index in [4.69, 9.17) is 0 Å². The number of rotatable bonds is 1. The van der Waals surface area contributed by atoms with Gasteiger partial charge in [-0.2, -0.15) is 0 Å². The maximum atomic E-state index is 12.8. The molecule has 4 heteroatoms. The Balaban J connectivity index is 1.85. The van der Waals surface area contributed by atoms with Gasteiger partial charge < -0.3 is 15.3 Å². The second-order valence-electron chi connectivity index (χ2n) is 5.97. The zero-order valence-electron chi connectivity index (χ0n) is 11.8. The van der Waals surface area contributed by atoms with Crippen LogP contribution in [0.5, 0.6) is 5.75 Å². The van der Waals surface area contributed by atoms with E-state index in [1.165, 1.54) is 19.3 Å². The van der Waals surface area contributed by atoms with Crippen molar-refractivity contribution in [2.75, 3.05) is 19.6 Å². The van der Waals surface area contributed by atoms with Gasteiger partial charge in [0.25, 0.3) is 5.91 Å². The Hall–Kier alpha value is -1.55. The Morgan fingerprint density at radius 1 is 1.15 bits per heavy atom. The average molecular weight is 274 g/mol. The molecule has 4 nitrogen and oxygen atoms in total. The number of piperazine rings is 1. The fraction of sp³-hybridized carbons (Fsp3) is 0.562. The molecule has 1 heterocycles. The standard InChI is InChI=1S/C16H22N2O2/c19-14-6-4-13(5-7-14)15(20)18-11-10-17-12-16(18)8-2-1-3-9-16/h4-7,17,19H,1-3,8-12H2. The van der Waals surface area contributed by atoms with E-state index in [0.717, 1.165) is 32.5 Å². The molecular weight excluding hydrogens is 252 g/mol. The monoisotopic (exact) mass is 274 g/mol. The third kappa shape index (κ3) is 2.40. The summed E-state index contributed by atoms with van der Waals surface area (Å²) in [7, 11) is 0. The highest BCUT2D eigenvalue weighted by molar-refractivity contribution is 5.95. The van der Waals surface area contributed by atoms with Crippen molar-refractivity contribution in [2.45, 2.75) is 37.6 Å². The van der Waals surface area contributed by atoms with Crippen LogP contribution in [0.25, 0.3) is 0 Å². The van der Waals surface area contributed by atoms with Gasteiger partial charge in [-0.1, -0.05) is 19.3 Å². The minimum absolute atomic E-state index is 0.00543. The van der Waals surface area contributed by atoms with Gasteiger partial charge in [-0.05, 0) is 37.1 Å². The molecule has 1 saturated carbocycles. The Morgan fingerprint density at radius 2 is 1.85 bits per heavy atom. The molecular formula is C16H22N2O2. The number of phenolic OH excluding ortho intramolecular Hbond substituents is 1. The van der Waals surface area contributed by atoms with Crippen LogP contribution in [0.1, 0.15) is 42.5 Å². The fourth-order valence-corrected chi connectivity index (χ4v) is 3.58. The lowest BCUT2D eigenvalue weighted by Crippen LogP contribution is -2.63. The number of hydrogen-bond donors (Lipinski definition) is 2. The summed E-state index contributed by atoms with van der Waals surface area (Å²) < 4.78 is 0. The predicted molar refractivity (Wildman–Crippen MR) is 77.8 cm³/mol. The largest absolute Gasteiger partial charge is 0.508 e. The molecule has 108 valence electrons. The zero-order valence-corrected chi connectivity index (χ0v) is 11.8. The van der Waals surface area contributed by atoms with Gasteiger partial charge in [0, 0.05) is 25.2 Å². The van der Waals surface area contributed by atoms with Crippen molar-refractivity contribution in [3.63, 3.8) is 0 Å². The van der Waals surface area contributed by atoms with E-state index < -0.39 is 0 Å². The van der Waals surface area contributed by atoms with E-state index in [-0.39, 0.29) is 17.2 Å². The number of hydrogen-bond acceptors (Lipinski definition) is 3. The van der Waals surface area contributed by atoms with Crippen LogP contribution in [-0.4, -0.2) is 41.1 Å². The predicted octanol–water partition coefficient (Wildman–Crippen LogP) is 2.14. The Kier molecular flexibility index (Phi) is 3.66. The molecule has 20 heavy (non-hydrogen) atoms. The summed E-state index contributed by atoms with van der Waals surface area (Å²) in [4.78, 5) is 14.9. The van der Waals surface area contributed by atoms with Crippen molar-refractivity contribution in [1.29, 1.82) is 0 Å². The minimum atomic E-state index is 0.00543. The van der Waals surface area contributed by atoms with Gasteiger partial charge in [0.2, 0.25) is 0 Å². The fourth-order valence-electron chi connectivity index (χ4n) is 3.58. The Labute approximate surface area is 119 Å². The Morgan fingerprint density at radius 3 is 2.55 bits per heavy atom. The number of carbonyl (C=O) groups excluding carboxylic acids is 1. The van der Waals surface area contributed by atoms with Gasteiger partial charge in [-0.25, -0.2) is 0 Å². The number of nitrogens with one attached hydrogen (secondary N) is 1. The van der Waals surface area contributed by atoms with Crippen LogP contribution in [0.3, 0.4) is 0 Å². The summed E-state index contributed by atoms with van der Waals surface area (Å²) in [5, 5.41) is 12.8. The SMILES string of the molecule is O=C(c1ccc(O)cc1)N1CCNCC12CCCCC2. The van der Waals surface area contributed by atoms with Crippen molar-refractivity contribution in [3.8, 4) is 5.75 Å². The molecule has 0 radical (unpaired) electrons. The average Bonchev–Trinajstić information content (AvgIpc) is 2.49. The van der Waals surface area contributed by atoms with Gasteiger partial charge >= 0.3 is 0 Å². The molecule has 0 aromatic heterocycles. The third-order valence-corrected chi connectivity index (χ3v) is 4.68. The van der Waals surface area contributed by atoms with Crippen molar-refractivity contribution in [2.24, 2.45) is 0 Å². The van der Waals surface area contributed by atoms with Crippen molar-refractivity contribution in [1.82, 2.24) is 10.2 Å². The van der Waals surface area contributed by atoms with Crippen LogP contribution in [0, 0.1) is 0 Å². The molecule has 1 aromatic carbocycles. The molecule has 2 aliphatic rings. The number of carbonyl (C=O) groups is 1. The summed E-state index contributed by atoms with van der Waals surface area (Å²) >= 11 is 0. The number of amides is 1. The number of phenols is 1. The first-order chi connectivity index (χ1) is 9.71. The van der Waals surface area contributed by atoms with Crippen LogP contribution in [0.2, 0.25) is 0 Å². The summed E-state index contributed by atoms with van der Waals surface area (Å²) in [6.45, 7) is 2.56. The summed E-state index contributed by atoms with van der Waals surface area (Å²) in [5.41, 5.74) is 0.681. The first-order valence-electron chi connectivity index (χ1n) is 7.53. The molecule has 2 fully saturated rings. The normalized spacial score (nSPS) is 21.9. The van der Waals surface area contributed by atoms with Crippen LogP contribution < -0.4 is 5.32 Å². The Bertz CT molecular complexity index is 469. The lowest BCUT2D eigenvalue weighted by Gasteiger charge is -2.49. The second kappa shape index (κ2) is 5.44. The van der Waals surface area contributed by atoms with Crippen molar-refractivity contribution >= 4 is 5.91 Å². The molecule has 1 saturated heterocycles. The highest BCUT2D eigenvalue weighted by Crippen LogP contribution is 2.35. The summed E-state index contributed by atoms with van der Waals surface area (Å²) in [5.74, 6) is 0.308. The first kappa shape index (κ1) is 13.4. The van der Waals surface area contributed by atoms with E-state index in [1.54, 1.807) is 24.3 Å². The van der Waals surface area contributed by atoms with E-state index in [0.29, 0.717) is 5.56 Å². The molecule has 1 aliphatic heterocycles. The van der Waals surface area contributed by atoms with Crippen LogP contribution in [0.4, 0.5) is 0 Å². The van der Waals surface area contributed by atoms with E-state index in [9.17, 15) is 9.90 Å². The molecule has 1 amide bonds. The molecule has 0 unspecified atom stereocenters. The smallest absolute Gasteiger partial charge is 0.254 e.